The van der Waals surface area contributed by atoms with E-state index in [1.54, 1.807) is 0 Å². The van der Waals surface area contributed by atoms with Crippen LogP contribution in [0.25, 0.3) is 0 Å². The van der Waals surface area contributed by atoms with Crippen LogP contribution in [0.15, 0.2) is 18.2 Å². The van der Waals surface area contributed by atoms with Gasteiger partial charge in [0, 0.05) is 12.6 Å². The molecule has 0 aromatic heterocycles. The predicted molar refractivity (Wildman–Crippen MR) is 80.1 cm³/mol. The van der Waals surface area contributed by atoms with Crippen molar-refractivity contribution in [1.82, 2.24) is 10.2 Å². The van der Waals surface area contributed by atoms with Gasteiger partial charge in [-0.1, -0.05) is 31.5 Å². The van der Waals surface area contributed by atoms with Gasteiger partial charge in [-0.2, -0.15) is 0 Å². The van der Waals surface area contributed by atoms with E-state index in [2.05, 4.69) is 56.2 Å². The molecule has 0 saturated carbocycles. The standard InChI is InChI=1S/C16H28N2/c1-6-7-10-18(5)12-16(17-4)15-9-8-13(2)14(3)11-15/h8-9,11,16-17H,6-7,10,12H2,1-5H3. The Kier molecular flexibility index (Phi) is 6.37. The number of benzene rings is 1. The van der Waals surface area contributed by atoms with Crippen LogP contribution in [0.2, 0.25) is 0 Å². The Morgan fingerprint density at radius 2 is 1.94 bits per heavy atom. The van der Waals surface area contributed by atoms with E-state index >= 15 is 0 Å². The van der Waals surface area contributed by atoms with Crippen molar-refractivity contribution in [2.45, 2.75) is 39.7 Å². The summed E-state index contributed by atoms with van der Waals surface area (Å²) in [5, 5.41) is 3.43. The van der Waals surface area contributed by atoms with Gasteiger partial charge in [0.2, 0.25) is 0 Å². The third-order valence-electron chi connectivity index (χ3n) is 3.67. The maximum Gasteiger partial charge on any atom is 0.0446 e. The first kappa shape index (κ1) is 15.2. The minimum atomic E-state index is 0.422. The Bertz CT molecular complexity index is 360. The molecule has 18 heavy (non-hydrogen) atoms. The van der Waals surface area contributed by atoms with Crippen LogP contribution in [0, 0.1) is 13.8 Å². The summed E-state index contributed by atoms with van der Waals surface area (Å²) in [4.78, 5) is 2.42. The summed E-state index contributed by atoms with van der Waals surface area (Å²) in [5.41, 5.74) is 4.14. The number of likely N-dealkylation sites (N-methyl/N-ethyl adjacent to an activating group) is 2. The van der Waals surface area contributed by atoms with Crippen molar-refractivity contribution < 1.29 is 0 Å². The molecule has 0 saturated heterocycles. The third-order valence-corrected chi connectivity index (χ3v) is 3.67. The van der Waals surface area contributed by atoms with Gasteiger partial charge in [0.15, 0.2) is 0 Å². The molecule has 2 heteroatoms. The lowest BCUT2D eigenvalue weighted by Crippen LogP contribution is -2.31. The second-order valence-electron chi connectivity index (χ2n) is 5.30. The van der Waals surface area contributed by atoms with Crippen LogP contribution < -0.4 is 5.32 Å². The molecule has 1 rings (SSSR count). The van der Waals surface area contributed by atoms with Gasteiger partial charge in [-0.3, -0.25) is 0 Å². The van der Waals surface area contributed by atoms with Gasteiger partial charge in [-0.25, -0.2) is 0 Å². The Morgan fingerprint density at radius 1 is 1.22 bits per heavy atom. The maximum absolute atomic E-state index is 3.43. The van der Waals surface area contributed by atoms with E-state index in [0.29, 0.717) is 6.04 Å². The molecule has 0 spiro atoms. The number of hydrogen-bond donors (Lipinski definition) is 1. The van der Waals surface area contributed by atoms with Crippen LogP contribution in [0.1, 0.15) is 42.5 Å². The highest BCUT2D eigenvalue weighted by Crippen LogP contribution is 2.17. The minimum Gasteiger partial charge on any atom is -0.312 e. The molecule has 0 aliphatic heterocycles. The summed E-state index contributed by atoms with van der Waals surface area (Å²) < 4.78 is 0. The summed E-state index contributed by atoms with van der Waals surface area (Å²) in [5.74, 6) is 0. The van der Waals surface area contributed by atoms with Crippen molar-refractivity contribution in [1.29, 1.82) is 0 Å². The lowest BCUT2D eigenvalue weighted by atomic mass is 10.0. The molecule has 0 fully saturated rings. The van der Waals surface area contributed by atoms with E-state index in [4.69, 9.17) is 0 Å². The molecular weight excluding hydrogens is 220 g/mol. The summed E-state index contributed by atoms with van der Waals surface area (Å²) >= 11 is 0. The van der Waals surface area contributed by atoms with Crippen molar-refractivity contribution in [3.63, 3.8) is 0 Å². The lowest BCUT2D eigenvalue weighted by molar-refractivity contribution is 0.292. The topological polar surface area (TPSA) is 15.3 Å². The minimum absolute atomic E-state index is 0.422. The Hall–Kier alpha value is -0.860. The van der Waals surface area contributed by atoms with Crippen molar-refractivity contribution in [3.05, 3.63) is 34.9 Å². The molecule has 1 N–H and O–H groups in total. The lowest BCUT2D eigenvalue weighted by Gasteiger charge is -2.24. The van der Waals surface area contributed by atoms with Crippen LogP contribution in [0.3, 0.4) is 0 Å². The van der Waals surface area contributed by atoms with Gasteiger partial charge in [0.05, 0.1) is 0 Å². The quantitative estimate of drug-likeness (QED) is 0.796. The van der Waals surface area contributed by atoms with Crippen LogP contribution in [-0.4, -0.2) is 32.1 Å². The SMILES string of the molecule is CCCCN(C)CC(NC)c1ccc(C)c(C)c1. The summed E-state index contributed by atoms with van der Waals surface area (Å²) in [6.45, 7) is 8.85. The predicted octanol–water partition coefficient (Wildman–Crippen LogP) is 3.30. The molecule has 0 aliphatic rings. The molecule has 2 nitrogen and oxygen atoms in total. The zero-order valence-corrected chi connectivity index (χ0v) is 12.6. The van der Waals surface area contributed by atoms with E-state index in [0.717, 1.165) is 6.54 Å². The highest BCUT2D eigenvalue weighted by atomic mass is 15.1. The number of aryl methyl sites for hydroxylation is 2. The largest absolute Gasteiger partial charge is 0.312 e. The zero-order chi connectivity index (χ0) is 13.5. The highest BCUT2D eigenvalue weighted by molar-refractivity contribution is 5.31. The van der Waals surface area contributed by atoms with E-state index in [9.17, 15) is 0 Å². The van der Waals surface area contributed by atoms with Gasteiger partial charge < -0.3 is 10.2 Å². The monoisotopic (exact) mass is 248 g/mol. The smallest absolute Gasteiger partial charge is 0.0446 e. The molecule has 0 amide bonds. The van der Waals surface area contributed by atoms with Gasteiger partial charge in [-0.15, -0.1) is 0 Å². The molecule has 1 aromatic rings. The van der Waals surface area contributed by atoms with Crippen LogP contribution in [0.4, 0.5) is 0 Å². The van der Waals surface area contributed by atoms with Crippen LogP contribution in [-0.2, 0) is 0 Å². The zero-order valence-electron chi connectivity index (χ0n) is 12.6. The fourth-order valence-electron chi connectivity index (χ4n) is 2.18. The molecular formula is C16H28N2. The average Bonchev–Trinajstić information content (AvgIpc) is 2.37. The van der Waals surface area contributed by atoms with Crippen molar-refractivity contribution >= 4 is 0 Å². The van der Waals surface area contributed by atoms with Crippen LogP contribution >= 0.6 is 0 Å². The summed E-state index contributed by atoms with van der Waals surface area (Å²) in [7, 11) is 4.26. The first-order valence-corrected chi connectivity index (χ1v) is 7.01. The number of nitrogens with one attached hydrogen (secondary N) is 1. The number of unbranched alkanes of at least 4 members (excludes halogenated alkanes) is 1. The fourth-order valence-corrected chi connectivity index (χ4v) is 2.18. The molecule has 102 valence electrons. The third kappa shape index (κ3) is 4.43. The first-order valence-electron chi connectivity index (χ1n) is 7.01. The summed E-state index contributed by atoms with van der Waals surface area (Å²) in [6, 6.07) is 7.20. The highest BCUT2D eigenvalue weighted by Gasteiger charge is 2.12. The van der Waals surface area contributed by atoms with E-state index < -0.39 is 0 Å². The molecule has 0 aliphatic carbocycles. The number of rotatable bonds is 7. The Morgan fingerprint density at radius 3 is 2.50 bits per heavy atom. The van der Waals surface area contributed by atoms with Crippen molar-refractivity contribution in [3.8, 4) is 0 Å². The number of hydrogen-bond acceptors (Lipinski definition) is 2. The molecule has 0 radical (unpaired) electrons. The number of nitrogens with zero attached hydrogens (tertiary/aromatic N) is 1. The van der Waals surface area contributed by atoms with Gasteiger partial charge in [0.1, 0.15) is 0 Å². The van der Waals surface area contributed by atoms with E-state index in [1.165, 1.54) is 36.1 Å². The van der Waals surface area contributed by atoms with E-state index in [-0.39, 0.29) is 0 Å². The molecule has 0 bridgehead atoms. The summed E-state index contributed by atoms with van der Waals surface area (Å²) in [6.07, 6.45) is 2.54. The molecule has 1 aromatic carbocycles. The fraction of sp³-hybridized carbons (Fsp3) is 0.625. The van der Waals surface area contributed by atoms with Gasteiger partial charge >= 0.3 is 0 Å². The normalized spacial score (nSPS) is 13.0. The molecule has 1 unspecified atom stereocenters. The second kappa shape index (κ2) is 7.55. The molecule has 1 atom stereocenters. The van der Waals surface area contributed by atoms with E-state index in [1.807, 2.05) is 7.05 Å². The Labute approximate surface area is 112 Å². The maximum atomic E-state index is 3.43. The van der Waals surface area contributed by atoms with Crippen molar-refractivity contribution in [2.24, 2.45) is 0 Å². The van der Waals surface area contributed by atoms with Crippen LogP contribution in [0.5, 0.6) is 0 Å². The van der Waals surface area contributed by atoms with Crippen molar-refractivity contribution in [2.75, 3.05) is 27.2 Å². The molecule has 0 heterocycles. The van der Waals surface area contributed by atoms with Gasteiger partial charge in [-0.05, 0) is 57.6 Å². The first-order chi connectivity index (χ1) is 8.58. The Balaban J connectivity index is 2.67. The second-order valence-corrected chi connectivity index (χ2v) is 5.30. The average molecular weight is 248 g/mol. The van der Waals surface area contributed by atoms with Gasteiger partial charge in [0.25, 0.3) is 0 Å².